The van der Waals surface area contributed by atoms with Crippen LogP contribution >= 0.6 is 23.5 Å². The highest BCUT2D eigenvalue weighted by molar-refractivity contribution is 8.04. The van der Waals surface area contributed by atoms with E-state index in [4.69, 9.17) is 20.0 Å². The molecule has 0 aromatic heterocycles. The van der Waals surface area contributed by atoms with E-state index in [1.54, 1.807) is 0 Å². The van der Waals surface area contributed by atoms with Crippen molar-refractivity contribution in [3.63, 3.8) is 0 Å². The van der Waals surface area contributed by atoms with Gasteiger partial charge in [-0.05, 0) is 35.7 Å². The topological polar surface area (TPSA) is 124 Å². The molecule has 0 aliphatic rings. The summed E-state index contributed by atoms with van der Waals surface area (Å²) < 4.78 is 10.2. The van der Waals surface area contributed by atoms with Gasteiger partial charge in [0, 0.05) is 12.1 Å². The van der Waals surface area contributed by atoms with Gasteiger partial charge in [0.2, 0.25) is 5.78 Å². The Labute approximate surface area is 157 Å². The van der Waals surface area contributed by atoms with Crippen molar-refractivity contribution in [2.24, 2.45) is 0 Å². The molecule has 0 saturated heterocycles. The summed E-state index contributed by atoms with van der Waals surface area (Å²) in [6, 6.07) is 5.06. The minimum absolute atomic E-state index is 0.114. The number of phenolic OH excluding ortho intramolecular Hbond substituents is 2. The lowest BCUT2D eigenvalue weighted by molar-refractivity contribution is 0.103. The van der Waals surface area contributed by atoms with Crippen molar-refractivity contribution in [3.05, 3.63) is 35.4 Å². The summed E-state index contributed by atoms with van der Waals surface area (Å²) in [5.74, 6) is -0.918. The molecule has 0 bridgehead atoms. The second-order valence-corrected chi connectivity index (χ2v) is 6.41. The smallest absolute Gasteiger partial charge is 0.200 e. The number of hydrogen-bond donors (Lipinski definition) is 2. The third kappa shape index (κ3) is 3.80. The summed E-state index contributed by atoms with van der Waals surface area (Å²) in [5, 5.41) is 41.8. The number of nitrogens with zero attached hydrogens (tertiary/aromatic N) is 2. The number of thioether (sulfide) groups is 2. The Morgan fingerprint density at radius 1 is 0.885 bits per heavy atom. The Morgan fingerprint density at radius 2 is 1.27 bits per heavy atom. The van der Waals surface area contributed by atoms with Crippen LogP contribution in [0.25, 0.3) is 0 Å². The third-order valence-electron chi connectivity index (χ3n) is 3.36. The number of hydrogen-bond acceptors (Lipinski definition) is 9. The number of benzene rings is 2. The number of ether oxygens (including phenoxy) is 2. The lowest BCUT2D eigenvalue weighted by atomic mass is 10.0. The van der Waals surface area contributed by atoms with Crippen LogP contribution in [0.5, 0.6) is 23.0 Å². The molecule has 0 aliphatic heterocycles. The summed E-state index contributed by atoms with van der Waals surface area (Å²) in [6.07, 6.45) is 0. The Kier molecular flexibility index (Phi) is 6.23. The number of nitriles is 2. The van der Waals surface area contributed by atoms with Gasteiger partial charge >= 0.3 is 0 Å². The first kappa shape index (κ1) is 19.3. The van der Waals surface area contributed by atoms with Gasteiger partial charge in [0.05, 0.1) is 35.1 Å². The first-order valence-electron chi connectivity index (χ1n) is 6.95. The van der Waals surface area contributed by atoms with Crippen LogP contribution in [0.1, 0.15) is 15.9 Å². The maximum atomic E-state index is 12.8. The van der Waals surface area contributed by atoms with Crippen molar-refractivity contribution < 1.29 is 24.5 Å². The number of carbonyl (C=O) groups excluding carboxylic acids is 1. The fourth-order valence-electron chi connectivity index (χ4n) is 2.18. The summed E-state index contributed by atoms with van der Waals surface area (Å²) in [7, 11) is 2.75. The lowest BCUT2D eigenvalue weighted by Gasteiger charge is -2.12. The first-order valence-corrected chi connectivity index (χ1v) is 8.58. The van der Waals surface area contributed by atoms with Gasteiger partial charge in [0.25, 0.3) is 0 Å². The summed E-state index contributed by atoms with van der Waals surface area (Å²) in [5.41, 5.74) is -0.228. The third-order valence-corrected chi connectivity index (χ3v) is 4.62. The number of methoxy groups -OCH3 is 2. The Hall–Kier alpha value is -3.01. The Bertz CT molecular complexity index is 872. The van der Waals surface area contributed by atoms with Crippen molar-refractivity contribution in [3.8, 4) is 33.8 Å². The van der Waals surface area contributed by atoms with Gasteiger partial charge < -0.3 is 19.7 Å². The zero-order valence-corrected chi connectivity index (χ0v) is 15.3. The average Bonchev–Trinajstić information content (AvgIpc) is 2.63. The molecule has 0 saturated carbocycles. The average molecular weight is 388 g/mol. The molecule has 26 heavy (non-hydrogen) atoms. The fourth-order valence-corrected chi connectivity index (χ4v) is 3.22. The van der Waals surface area contributed by atoms with Crippen LogP contribution in [0.4, 0.5) is 0 Å². The molecule has 0 atom stereocenters. The highest BCUT2D eigenvalue weighted by Crippen LogP contribution is 2.39. The molecule has 0 heterocycles. The van der Waals surface area contributed by atoms with E-state index in [-0.39, 0.29) is 34.1 Å². The standard InChI is InChI=1S/C17H12N2O5S2/c1-23-13-5-11(20)9(3-15(13)25-7-18)17(22)10-4-16(26-8-19)14(24-2)6-12(10)21/h3-6,20-21H,1-2H3. The summed E-state index contributed by atoms with van der Waals surface area (Å²) in [6.45, 7) is 0. The minimum atomic E-state index is -0.676. The molecule has 0 radical (unpaired) electrons. The first-order chi connectivity index (χ1) is 12.5. The van der Waals surface area contributed by atoms with Crippen molar-refractivity contribution in [1.82, 2.24) is 0 Å². The van der Waals surface area contributed by atoms with Gasteiger partial charge in [-0.1, -0.05) is 0 Å². The van der Waals surface area contributed by atoms with E-state index in [1.165, 1.54) is 38.5 Å². The van der Waals surface area contributed by atoms with Crippen LogP contribution < -0.4 is 9.47 Å². The van der Waals surface area contributed by atoms with Crippen molar-refractivity contribution in [2.75, 3.05) is 14.2 Å². The van der Waals surface area contributed by atoms with E-state index in [0.29, 0.717) is 9.79 Å². The molecule has 7 nitrogen and oxygen atoms in total. The van der Waals surface area contributed by atoms with Gasteiger partial charge in [-0.15, -0.1) is 0 Å². The number of ketones is 1. The van der Waals surface area contributed by atoms with Gasteiger partial charge in [0.1, 0.15) is 33.8 Å². The fraction of sp³-hybridized carbons (Fsp3) is 0.118. The van der Waals surface area contributed by atoms with Crippen LogP contribution in [0.15, 0.2) is 34.1 Å². The molecular formula is C17H12N2O5S2. The highest BCUT2D eigenvalue weighted by atomic mass is 32.2. The maximum Gasteiger partial charge on any atom is 0.200 e. The second-order valence-electron chi connectivity index (χ2n) is 4.76. The zero-order valence-electron chi connectivity index (χ0n) is 13.6. The Morgan fingerprint density at radius 3 is 1.58 bits per heavy atom. The molecule has 2 aromatic carbocycles. The van der Waals surface area contributed by atoms with Crippen LogP contribution in [0, 0.1) is 21.3 Å². The van der Waals surface area contributed by atoms with Crippen molar-refractivity contribution in [1.29, 1.82) is 10.5 Å². The molecule has 132 valence electrons. The van der Waals surface area contributed by atoms with Gasteiger partial charge in [-0.3, -0.25) is 4.79 Å². The molecular weight excluding hydrogens is 376 g/mol. The van der Waals surface area contributed by atoms with Crippen molar-refractivity contribution >= 4 is 29.3 Å². The molecule has 0 amide bonds. The SMILES string of the molecule is COc1cc(O)c(C(=O)c2cc(SC#N)c(OC)cc2O)cc1SC#N. The summed E-state index contributed by atoms with van der Waals surface area (Å²) >= 11 is 1.54. The van der Waals surface area contributed by atoms with E-state index in [1.807, 2.05) is 10.8 Å². The van der Waals surface area contributed by atoms with Gasteiger partial charge in [-0.25, -0.2) is 0 Å². The molecule has 0 aliphatic carbocycles. The Balaban J connectivity index is 2.59. The van der Waals surface area contributed by atoms with Crippen LogP contribution in [0.2, 0.25) is 0 Å². The zero-order chi connectivity index (χ0) is 19.3. The van der Waals surface area contributed by atoms with E-state index in [9.17, 15) is 15.0 Å². The largest absolute Gasteiger partial charge is 0.507 e. The van der Waals surface area contributed by atoms with Crippen molar-refractivity contribution in [2.45, 2.75) is 9.79 Å². The van der Waals surface area contributed by atoms with Crippen LogP contribution in [-0.4, -0.2) is 30.2 Å². The minimum Gasteiger partial charge on any atom is -0.507 e. The van der Waals surface area contributed by atoms with Gasteiger partial charge in [-0.2, -0.15) is 10.5 Å². The number of phenols is 2. The second kappa shape index (κ2) is 8.39. The van der Waals surface area contributed by atoms with E-state index < -0.39 is 5.78 Å². The van der Waals surface area contributed by atoms with E-state index in [2.05, 4.69) is 0 Å². The monoisotopic (exact) mass is 388 g/mol. The lowest BCUT2D eigenvalue weighted by Crippen LogP contribution is -2.04. The maximum absolute atomic E-state index is 12.8. The molecule has 2 N–H and O–H groups in total. The molecule has 0 fully saturated rings. The highest BCUT2D eigenvalue weighted by Gasteiger charge is 2.22. The molecule has 9 heteroatoms. The quantitative estimate of drug-likeness (QED) is 0.434. The number of thiocyanates is 2. The molecule has 0 spiro atoms. The summed E-state index contributed by atoms with van der Waals surface area (Å²) in [4.78, 5) is 13.5. The van der Waals surface area contributed by atoms with Crippen LogP contribution in [-0.2, 0) is 0 Å². The number of aromatic hydroxyl groups is 2. The van der Waals surface area contributed by atoms with Crippen LogP contribution in [0.3, 0.4) is 0 Å². The number of carbonyl (C=O) groups is 1. The predicted octanol–water partition coefficient (Wildman–Crippen LogP) is 3.49. The molecule has 0 unspecified atom stereocenters. The van der Waals surface area contributed by atoms with E-state index >= 15 is 0 Å². The van der Waals surface area contributed by atoms with Gasteiger partial charge in [0.15, 0.2) is 0 Å². The van der Waals surface area contributed by atoms with E-state index in [0.717, 1.165) is 23.5 Å². The molecule has 2 rings (SSSR count). The predicted molar refractivity (Wildman–Crippen MR) is 95.7 cm³/mol. The normalized spacial score (nSPS) is 9.85. The molecule has 2 aromatic rings. The number of rotatable bonds is 6.